The lowest BCUT2D eigenvalue weighted by molar-refractivity contribution is 0.672. The largest absolute Gasteiger partial charge is 0.455 e. The van der Waals surface area contributed by atoms with Crippen LogP contribution in [-0.2, 0) is 0 Å². The molecule has 2 heterocycles. The molecule has 0 aliphatic carbocycles. The van der Waals surface area contributed by atoms with Crippen LogP contribution < -0.4 is 9.80 Å². The molecule has 0 aliphatic rings. The molecule has 0 fully saturated rings. The Morgan fingerprint density at radius 3 is 0.912 bits per heavy atom. The Hall–Kier alpha value is -9.12. The molecule has 0 saturated carbocycles. The molecular formula is C64H40N2O2. The minimum atomic E-state index is 0.835. The highest BCUT2D eigenvalue weighted by atomic mass is 16.3. The van der Waals surface area contributed by atoms with E-state index in [1.165, 1.54) is 10.8 Å². The average molecular weight is 869 g/mol. The number of fused-ring (bicyclic) bond motifs is 8. The van der Waals surface area contributed by atoms with Crippen molar-refractivity contribution in [3.05, 3.63) is 243 Å². The number of benzene rings is 12. The summed E-state index contributed by atoms with van der Waals surface area (Å²) in [5.74, 6) is 0. The Balaban J connectivity index is 1.07. The van der Waals surface area contributed by atoms with Crippen LogP contribution in [0, 0.1) is 0 Å². The maximum absolute atomic E-state index is 7.24. The number of hydrogen-bond donors (Lipinski definition) is 0. The van der Waals surface area contributed by atoms with Crippen LogP contribution in [0.1, 0.15) is 0 Å². The van der Waals surface area contributed by atoms with E-state index in [0.717, 1.165) is 122 Å². The number of nitrogens with zero attached hydrogens (tertiary/aromatic N) is 2. The fourth-order valence-electron chi connectivity index (χ4n) is 10.7. The average Bonchev–Trinajstić information content (AvgIpc) is 3.96. The van der Waals surface area contributed by atoms with Crippen LogP contribution in [0.15, 0.2) is 251 Å². The van der Waals surface area contributed by atoms with Crippen molar-refractivity contribution in [2.45, 2.75) is 0 Å². The van der Waals surface area contributed by atoms with Gasteiger partial charge in [0, 0.05) is 89.3 Å². The van der Waals surface area contributed by atoms with Gasteiger partial charge in [0.1, 0.15) is 22.3 Å². The fourth-order valence-corrected chi connectivity index (χ4v) is 10.7. The molecule has 4 heteroatoms. The van der Waals surface area contributed by atoms with Gasteiger partial charge in [-0.25, -0.2) is 0 Å². The van der Waals surface area contributed by atoms with E-state index < -0.39 is 0 Å². The first-order valence-electron chi connectivity index (χ1n) is 23.2. The van der Waals surface area contributed by atoms with E-state index in [1.807, 2.05) is 0 Å². The van der Waals surface area contributed by atoms with Crippen LogP contribution >= 0.6 is 0 Å². The summed E-state index contributed by atoms with van der Waals surface area (Å²) in [5.41, 5.74) is 14.3. The van der Waals surface area contributed by atoms with Gasteiger partial charge in [-0.2, -0.15) is 0 Å². The highest BCUT2D eigenvalue weighted by Gasteiger charge is 2.26. The van der Waals surface area contributed by atoms with Crippen LogP contribution in [0.2, 0.25) is 0 Å². The van der Waals surface area contributed by atoms with Crippen molar-refractivity contribution < 1.29 is 8.83 Å². The Morgan fingerprint density at radius 1 is 0.250 bits per heavy atom. The minimum absolute atomic E-state index is 0.835. The SMILES string of the molecule is c1ccc(-c2cc3cc4c5ccc(N(c6ccccc6)c6ccccc6)cc5oc4c4c(-c5ccccc5)cc5cc6c7ccc(N(c8ccccc8)c8ccccc8)cc7oc6c2c5c34)cc1. The number of anilines is 6. The topological polar surface area (TPSA) is 32.8 Å². The van der Waals surface area contributed by atoms with Crippen LogP contribution in [0.5, 0.6) is 0 Å². The van der Waals surface area contributed by atoms with Crippen molar-refractivity contribution in [2.75, 3.05) is 9.80 Å². The highest BCUT2D eigenvalue weighted by Crippen LogP contribution is 2.52. The number of furan rings is 2. The van der Waals surface area contributed by atoms with E-state index in [4.69, 9.17) is 8.83 Å². The van der Waals surface area contributed by atoms with E-state index in [9.17, 15) is 0 Å². The summed E-state index contributed by atoms with van der Waals surface area (Å²) in [4.78, 5) is 4.58. The first kappa shape index (κ1) is 38.2. The molecule has 0 aliphatic heterocycles. The molecule has 0 radical (unpaired) electrons. The van der Waals surface area contributed by atoms with Crippen LogP contribution in [0.3, 0.4) is 0 Å². The van der Waals surface area contributed by atoms with Crippen molar-refractivity contribution in [2.24, 2.45) is 0 Å². The second kappa shape index (κ2) is 15.2. The summed E-state index contributed by atoms with van der Waals surface area (Å²) in [7, 11) is 0. The molecule has 0 unspecified atom stereocenters. The zero-order valence-corrected chi connectivity index (χ0v) is 36.8. The lowest BCUT2D eigenvalue weighted by atomic mass is 9.84. The Morgan fingerprint density at radius 2 is 0.574 bits per heavy atom. The zero-order chi connectivity index (χ0) is 44.7. The molecule has 2 aromatic heterocycles. The smallest absolute Gasteiger partial charge is 0.143 e. The third-order valence-corrected chi connectivity index (χ3v) is 13.7. The highest BCUT2D eigenvalue weighted by molar-refractivity contribution is 6.39. The minimum Gasteiger partial charge on any atom is -0.455 e. The molecule has 12 aromatic carbocycles. The van der Waals surface area contributed by atoms with Gasteiger partial charge in [-0.1, -0.05) is 133 Å². The van der Waals surface area contributed by atoms with Crippen molar-refractivity contribution in [3.63, 3.8) is 0 Å². The van der Waals surface area contributed by atoms with Crippen molar-refractivity contribution in [3.8, 4) is 22.3 Å². The second-order valence-electron chi connectivity index (χ2n) is 17.6. The van der Waals surface area contributed by atoms with Crippen molar-refractivity contribution >= 4 is 110 Å². The van der Waals surface area contributed by atoms with Crippen LogP contribution in [0.25, 0.3) is 98.4 Å². The van der Waals surface area contributed by atoms with E-state index in [0.29, 0.717) is 0 Å². The normalized spacial score (nSPS) is 11.8. The van der Waals surface area contributed by atoms with Gasteiger partial charge in [0.25, 0.3) is 0 Å². The van der Waals surface area contributed by atoms with Crippen molar-refractivity contribution in [1.82, 2.24) is 0 Å². The molecule has 14 rings (SSSR count). The number of para-hydroxylation sites is 4. The monoisotopic (exact) mass is 868 g/mol. The van der Waals surface area contributed by atoms with Gasteiger partial charge in [-0.3, -0.25) is 0 Å². The van der Waals surface area contributed by atoms with Gasteiger partial charge in [0.05, 0.1) is 0 Å². The predicted octanol–water partition coefficient (Wildman–Crippen LogP) is 18.7. The molecule has 0 N–H and O–H groups in total. The first-order valence-corrected chi connectivity index (χ1v) is 23.2. The molecule has 0 spiro atoms. The molecule has 318 valence electrons. The van der Waals surface area contributed by atoms with Gasteiger partial charge >= 0.3 is 0 Å². The summed E-state index contributed by atoms with van der Waals surface area (Å²) >= 11 is 0. The van der Waals surface area contributed by atoms with E-state index in [1.54, 1.807) is 0 Å². The number of hydrogen-bond acceptors (Lipinski definition) is 4. The van der Waals surface area contributed by atoms with Gasteiger partial charge < -0.3 is 18.6 Å². The van der Waals surface area contributed by atoms with E-state index in [-0.39, 0.29) is 0 Å². The summed E-state index contributed by atoms with van der Waals surface area (Å²) in [6, 6.07) is 86.5. The van der Waals surface area contributed by atoms with Crippen LogP contribution in [0.4, 0.5) is 34.1 Å². The summed E-state index contributed by atoms with van der Waals surface area (Å²) < 4.78 is 14.5. The molecule has 14 aromatic rings. The summed E-state index contributed by atoms with van der Waals surface area (Å²) in [6.45, 7) is 0. The Labute approximate surface area is 392 Å². The predicted molar refractivity (Wildman–Crippen MR) is 285 cm³/mol. The van der Waals surface area contributed by atoms with Gasteiger partial charge in [0.2, 0.25) is 0 Å². The first-order chi connectivity index (χ1) is 33.7. The molecule has 68 heavy (non-hydrogen) atoms. The van der Waals surface area contributed by atoms with Gasteiger partial charge in [-0.15, -0.1) is 0 Å². The quantitative estimate of drug-likeness (QED) is 0.142. The molecule has 0 bridgehead atoms. The summed E-state index contributed by atoms with van der Waals surface area (Å²) in [6.07, 6.45) is 0. The second-order valence-corrected chi connectivity index (χ2v) is 17.6. The third-order valence-electron chi connectivity index (χ3n) is 13.7. The maximum Gasteiger partial charge on any atom is 0.143 e. The Bertz CT molecular complexity index is 3820. The molecule has 0 saturated heterocycles. The number of rotatable bonds is 8. The fraction of sp³-hybridized carbons (Fsp3) is 0. The standard InChI is InChI=1S/C64H40N2O2/c1-7-19-41(20-8-1)53-35-43-37-56-52-34-32-50(66(47-27-15-5-16-28-47)48-29-17-6-18-30-48)40-58(52)68-64(56)62-54(42-21-9-2-10-22-42)36-44-38-55-51-33-31-49(39-57(51)67-63(55)61(53)59(44)60(43)62)65(45-23-11-3-12-24-45)46-25-13-4-14-26-46/h1-40H. The van der Waals surface area contributed by atoms with E-state index >= 15 is 0 Å². The summed E-state index contributed by atoms with van der Waals surface area (Å²) in [5, 5.41) is 11.2. The van der Waals surface area contributed by atoms with Gasteiger partial charge in [0.15, 0.2) is 0 Å². The molecule has 4 nitrogen and oxygen atoms in total. The molecule has 0 amide bonds. The lowest BCUT2D eigenvalue weighted by Crippen LogP contribution is -2.09. The van der Waals surface area contributed by atoms with Crippen molar-refractivity contribution in [1.29, 1.82) is 0 Å². The van der Waals surface area contributed by atoms with E-state index in [2.05, 4.69) is 252 Å². The van der Waals surface area contributed by atoms with Gasteiger partial charge in [-0.05, 0) is 130 Å². The lowest BCUT2D eigenvalue weighted by Gasteiger charge is -2.25. The van der Waals surface area contributed by atoms with Crippen LogP contribution in [-0.4, -0.2) is 0 Å². The molecule has 0 atom stereocenters. The maximum atomic E-state index is 7.24. The Kier molecular flexibility index (Phi) is 8.55. The molecular weight excluding hydrogens is 829 g/mol. The zero-order valence-electron chi connectivity index (χ0n) is 36.8. The third kappa shape index (κ3) is 5.94.